The number of nitrogens with zero attached hydrogens (tertiary/aromatic N) is 4. The van der Waals surface area contributed by atoms with Gasteiger partial charge < -0.3 is 19.5 Å². The second-order valence-corrected chi connectivity index (χ2v) is 7.47. The maximum atomic E-state index is 5.57. The van der Waals surface area contributed by atoms with Crippen molar-refractivity contribution in [3.63, 3.8) is 0 Å². The third-order valence-corrected chi connectivity index (χ3v) is 5.39. The van der Waals surface area contributed by atoms with Gasteiger partial charge in [-0.2, -0.15) is 0 Å². The Bertz CT molecular complexity index is 779. The number of nitrogens with one attached hydrogen (secondary N) is 1. The Morgan fingerprint density at radius 3 is 2.68 bits per heavy atom. The Balaban J connectivity index is 1.69. The number of aromatic nitrogens is 1. The van der Waals surface area contributed by atoms with Crippen molar-refractivity contribution in [1.29, 1.82) is 0 Å². The molecule has 1 fully saturated rings. The summed E-state index contributed by atoms with van der Waals surface area (Å²) in [6.07, 6.45) is 2.07. The van der Waals surface area contributed by atoms with Gasteiger partial charge in [0.25, 0.3) is 0 Å². The smallest absolute Gasteiger partial charge is 0.193 e. The highest BCUT2D eigenvalue weighted by atomic mass is 16.5. The van der Waals surface area contributed by atoms with Crippen LogP contribution >= 0.6 is 0 Å². The molecule has 1 unspecified atom stereocenters. The molecule has 0 aliphatic carbocycles. The highest BCUT2D eigenvalue weighted by molar-refractivity contribution is 5.79. The number of morpholine rings is 1. The van der Waals surface area contributed by atoms with Gasteiger partial charge in [0.2, 0.25) is 0 Å². The first-order valence-electron chi connectivity index (χ1n) is 9.99. The third kappa shape index (κ3) is 5.14. The predicted octanol–water partition coefficient (Wildman–Crippen LogP) is 2.41. The lowest BCUT2D eigenvalue weighted by Crippen LogP contribution is -2.46. The number of aryl methyl sites for hydroxylation is 2. The SMILES string of the molecule is CN=C(NCC(c1cccc(C)c1)N1CCOCC1)N(C)Cc1cccn1C. The molecule has 1 aliphatic rings. The molecule has 1 aromatic heterocycles. The fraction of sp³-hybridized carbons (Fsp3) is 0.500. The lowest BCUT2D eigenvalue weighted by Gasteiger charge is -2.36. The Morgan fingerprint density at radius 2 is 2.04 bits per heavy atom. The number of hydrogen-bond acceptors (Lipinski definition) is 3. The molecule has 0 amide bonds. The quantitative estimate of drug-likeness (QED) is 0.615. The van der Waals surface area contributed by atoms with Gasteiger partial charge in [-0.25, -0.2) is 0 Å². The van der Waals surface area contributed by atoms with Gasteiger partial charge in [0.15, 0.2) is 5.96 Å². The molecule has 0 bridgehead atoms. The van der Waals surface area contributed by atoms with Crippen molar-refractivity contribution >= 4 is 5.96 Å². The Morgan fingerprint density at radius 1 is 1.25 bits per heavy atom. The van der Waals surface area contributed by atoms with E-state index in [0.717, 1.165) is 45.4 Å². The van der Waals surface area contributed by atoms with E-state index in [0.29, 0.717) is 6.04 Å². The first-order valence-corrected chi connectivity index (χ1v) is 9.99. The summed E-state index contributed by atoms with van der Waals surface area (Å²) in [6.45, 7) is 7.29. The van der Waals surface area contributed by atoms with Crippen LogP contribution in [0.15, 0.2) is 47.6 Å². The van der Waals surface area contributed by atoms with Gasteiger partial charge in [-0.1, -0.05) is 29.8 Å². The summed E-state index contributed by atoms with van der Waals surface area (Å²) in [5.74, 6) is 0.909. The third-order valence-electron chi connectivity index (χ3n) is 5.39. The van der Waals surface area contributed by atoms with Crippen LogP contribution in [0.3, 0.4) is 0 Å². The maximum absolute atomic E-state index is 5.57. The van der Waals surface area contributed by atoms with Crippen LogP contribution < -0.4 is 5.32 Å². The van der Waals surface area contributed by atoms with Gasteiger partial charge >= 0.3 is 0 Å². The van der Waals surface area contributed by atoms with Crippen molar-refractivity contribution in [2.75, 3.05) is 46.9 Å². The Kier molecular flexibility index (Phi) is 7.12. The van der Waals surface area contributed by atoms with Gasteiger partial charge in [0, 0.05) is 52.7 Å². The normalized spacial score (nSPS) is 16.8. The summed E-state index contributed by atoms with van der Waals surface area (Å²) in [5.41, 5.74) is 3.89. The van der Waals surface area contributed by atoms with E-state index >= 15 is 0 Å². The molecule has 6 heteroatoms. The molecule has 1 atom stereocenters. The van der Waals surface area contributed by atoms with Crippen LogP contribution in [0, 0.1) is 6.92 Å². The van der Waals surface area contributed by atoms with Crippen LogP contribution in [-0.2, 0) is 18.3 Å². The minimum atomic E-state index is 0.295. The van der Waals surface area contributed by atoms with Crippen LogP contribution in [0.4, 0.5) is 0 Å². The average molecular weight is 384 g/mol. The molecule has 3 rings (SSSR count). The summed E-state index contributed by atoms with van der Waals surface area (Å²) in [5, 5.41) is 3.60. The molecule has 1 saturated heterocycles. The molecule has 1 aliphatic heterocycles. The number of ether oxygens (including phenoxy) is 1. The first-order chi connectivity index (χ1) is 13.6. The van der Waals surface area contributed by atoms with Crippen molar-refractivity contribution in [3.8, 4) is 0 Å². The second-order valence-electron chi connectivity index (χ2n) is 7.47. The number of guanidine groups is 1. The standard InChI is InChI=1S/C22H33N5O/c1-18-7-5-8-19(15-18)21(27-11-13-28-14-12-27)16-24-22(23-2)26(4)17-20-9-6-10-25(20)3/h5-10,15,21H,11-14,16-17H2,1-4H3,(H,23,24). The zero-order valence-corrected chi connectivity index (χ0v) is 17.6. The monoisotopic (exact) mass is 383 g/mol. The number of hydrogen-bond donors (Lipinski definition) is 1. The Labute approximate surface area is 168 Å². The lowest BCUT2D eigenvalue weighted by atomic mass is 10.0. The van der Waals surface area contributed by atoms with Gasteiger partial charge in [0.1, 0.15) is 0 Å². The number of rotatable bonds is 6. The van der Waals surface area contributed by atoms with E-state index in [1.165, 1.54) is 16.8 Å². The molecule has 0 radical (unpaired) electrons. The molecule has 2 heterocycles. The highest BCUT2D eigenvalue weighted by Crippen LogP contribution is 2.22. The average Bonchev–Trinajstić information content (AvgIpc) is 3.10. The molecule has 0 spiro atoms. The summed E-state index contributed by atoms with van der Waals surface area (Å²) in [6, 6.07) is 13.3. The molecule has 1 N–H and O–H groups in total. The molecule has 2 aromatic rings. The molecule has 1 aromatic carbocycles. The van der Waals surface area contributed by atoms with Crippen LogP contribution in [0.25, 0.3) is 0 Å². The molecular weight excluding hydrogens is 350 g/mol. The van der Waals surface area contributed by atoms with Crippen LogP contribution in [0.1, 0.15) is 22.9 Å². The highest BCUT2D eigenvalue weighted by Gasteiger charge is 2.23. The lowest BCUT2D eigenvalue weighted by molar-refractivity contribution is 0.0169. The summed E-state index contributed by atoms with van der Waals surface area (Å²) in [7, 11) is 6.00. The van der Waals surface area contributed by atoms with Crippen molar-refractivity contribution in [1.82, 2.24) is 19.7 Å². The molecule has 6 nitrogen and oxygen atoms in total. The fourth-order valence-electron chi connectivity index (χ4n) is 3.78. The van der Waals surface area contributed by atoms with E-state index < -0.39 is 0 Å². The zero-order valence-electron chi connectivity index (χ0n) is 17.6. The van der Waals surface area contributed by atoms with Gasteiger partial charge in [-0.3, -0.25) is 9.89 Å². The van der Waals surface area contributed by atoms with Gasteiger partial charge in [0.05, 0.1) is 25.8 Å². The van der Waals surface area contributed by atoms with Gasteiger partial charge in [-0.05, 0) is 24.6 Å². The van der Waals surface area contributed by atoms with Crippen LogP contribution in [0.2, 0.25) is 0 Å². The molecule has 28 heavy (non-hydrogen) atoms. The topological polar surface area (TPSA) is 45.0 Å². The zero-order chi connectivity index (χ0) is 19.9. The van der Waals surface area contributed by atoms with Crippen molar-refractivity contribution in [2.24, 2.45) is 12.0 Å². The maximum Gasteiger partial charge on any atom is 0.193 e. The predicted molar refractivity (Wildman–Crippen MR) is 115 cm³/mol. The summed E-state index contributed by atoms with van der Waals surface area (Å²) in [4.78, 5) is 9.18. The number of benzene rings is 1. The summed E-state index contributed by atoms with van der Waals surface area (Å²) >= 11 is 0. The first kappa shape index (κ1) is 20.4. The largest absolute Gasteiger partial charge is 0.379 e. The number of aliphatic imine (C=N–C) groups is 1. The van der Waals surface area contributed by atoms with E-state index in [2.05, 4.69) is 88.3 Å². The van der Waals surface area contributed by atoms with Crippen molar-refractivity contribution < 1.29 is 4.74 Å². The van der Waals surface area contributed by atoms with E-state index in [1.807, 2.05) is 7.05 Å². The van der Waals surface area contributed by atoms with Crippen LogP contribution in [-0.4, -0.2) is 67.3 Å². The van der Waals surface area contributed by atoms with Crippen molar-refractivity contribution in [3.05, 3.63) is 59.4 Å². The van der Waals surface area contributed by atoms with Crippen molar-refractivity contribution in [2.45, 2.75) is 19.5 Å². The van der Waals surface area contributed by atoms with Gasteiger partial charge in [-0.15, -0.1) is 0 Å². The summed E-state index contributed by atoms with van der Waals surface area (Å²) < 4.78 is 7.71. The molecule has 0 saturated carbocycles. The molecular formula is C22H33N5O. The second kappa shape index (κ2) is 9.75. The minimum absolute atomic E-state index is 0.295. The minimum Gasteiger partial charge on any atom is -0.379 e. The fourth-order valence-corrected chi connectivity index (χ4v) is 3.78. The van der Waals surface area contributed by atoms with E-state index in [4.69, 9.17) is 4.74 Å². The van der Waals surface area contributed by atoms with E-state index in [-0.39, 0.29) is 0 Å². The van der Waals surface area contributed by atoms with Crippen LogP contribution in [0.5, 0.6) is 0 Å². The van der Waals surface area contributed by atoms with E-state index in [1.54, 1.807) is 0 Å². The Hall–Kier alpha value is -2.31. The van der Waals surface area contributed by atoms with E-state index in [9.17, 15) is 0 Å². The molecule has 152 valence electrons.